The third-order valence-electron chi connectivity index (χ3n) is 7.84. The Hall–Kier alpha value is -3.49. The average molecular weight is 541 g/mol. The molecular weight excluding hydrogens is 511 g/mol. The maximum Gasteiger partial charge on any atom is 0.224 e. The van der Waals surface area contributed by atoms with Crippen LogP contribution in [-0.4, -0.2) is 42.7 Å². The molecule has 38 heavy (non-hydrogen) atoms. The molecule has 1 aromatic carbocycles. The van der Waals surface area contributed by atoms with Crippen molar-refractivity contribution in [2.24, 2.45) is 11.1 Å². The zero-order chi connectivity index (χ0) is 27.0. The molecule has 0 bridgehead atoms. The number of carbonyl (C=O) groups is 1. The highest BCUT2D eigenvalue weighted by Gasteiger charge is 2.38. The lowest BCUT2D eigenvalue weighted by atomic mass is 9.73. The lowest BCUT2D eigenvalue weighted by molar-refractivity contribution is -0.128. The zero-order valence-corrected chi connectivity index (χ0v) is 21.8. The fourth-order valence-electron chi connectivity index (χ4n) is 5.49. The van der Waals surface area contributed by atoms with E-state index in [1.165, 1.54) is 6.07 Å². The smallest absolute Gasteiger partial charge is 0.224 e. The fourth-order valence-corrected chi connectivity index (χ4v) is 5.74. The Morgan fingerprint density at radius 3 is 2.71 bits per heavy atom. The Balaban J connectivity index is 1.53. The number of amides is 1. The summed E-state index contributed by atoms with van der Waals surface area (Å²) in [6, 6.07) is 4.36. The zero-order valence-electron chi connectivity index (χ0n) is 21.0. The Morgan fingerprint density at radius 2 is 2.05 bits per heavy atom. The van der Waals surface area contributed by atoms with Gasteiger partial charge in [0.2, 0.25) is 17.8 Å². The van der Waals surface area contributed by atoms with Crippen LogP contribution < -0.4 is 16.4 Å². The predicted octanol–water partition coefficient (Wildman–Crippen LogP) is 4.56. The number of nitrogens with zero attached hydrogens (tertiary/aromatic N) is 5. The number of fused-ring (bicyclic) bond motifs is 1. The first-order valence-electron chi connectivity index (χ1n) is 12.8. The second-order valence-electron chi connectivity index (χ2n) is 10.6. The van der Waals surface area contributed by atoms with Crippen LogP contribution >= 0.6 is 11.6 Å². The molecule has 2 saturated carbocycles. The molecule has 200 valence electrons. The molecule has 0 radical (unpaired) electrons. The summed E-state index contributed by atoms with van der Waals surface area (Å²) in [5.74, 6) is -0.246. The van der Waals surface area contributed by atoms with E-state index >= 15 is 0 Å². The van der Waals surface area contributed by atoms with Crippen molar-refractivity contribution >= 4 is 46.3 Å². The summed E-state index contributed by atoms with van der Waals surface area (Å²) < 4.78 is 16.8. The lowest BCUT2D eigenvalue weighted by Gasteiger charge is -2.35. The molecule has 10 nitrogen and oxygen atoms in total. The maximum absolute atomic E-state index is 14.9. The number of hydrogen-bond acceptors (Lipinski definition) is 8. The number of rotatable bonds is 6. The summed E-state index contributed by atoms with van der Waals surface area (Å²) in [6.45, 7) is 1.88. The molecule has 3 aromatic rings. The van der Waals surface area contributed by atoms with E-state index in [9.17, 15) is 14.3 Å². The van der Waals surface area contributed by atoms with E-state index in [2.05, 4.69) is 20.6 Å². The summed E-state index contributed by atoms with van der Waals surface area (Å²) >= 11 is 6.32. The number of imidazole rings is 1. The highest BCUT2D eigenvalue weighted by molar-refractivity contribution is 6.33. The first-order chi connectivity index (χ1) is 18.2. The normalized spacial score (nSPS) is 25.6. The van der Waals surface area contributed by atoms with E-state index in [1.54, 1.807) is 6.20 Å². The van der Waals surface area contributed by atoms with Gasteiger partial charge in [-0.1, -0.05) is 18.5 Å². The summed E-state index contributed by atoms with van der Waals surface area (Å²) in [5.41, 5.74) is 6.25. The number of benzene rings is 1. The number of carbonyl (C=O) groups excluding carboxylic acids is 1. The number of nitriles is 1. The van der Waals surface area contributed by atoms with Crippen molar-refractivity contribution in [3.8, 4) is 6.07 Å². The van der Waals surface area contributed by atoms with Crippen molar-refractivity contribution in [3.63, 3.8) is 0 Å². The molecule has 2 heterocycles. The first kappa shape index (κ1) is 26.1. The number of aliphatic hydroxyl groups excluding tert-OH is 1. The van der Waals surface area contributed by atoms with Crippen LogP contribution in [0.1, 0.15) is 69.9 Å². The molecule has 5 N–H and O–H groups in total. The Morgan fingerprint density at radius 1 is 1.29 bits per heavy atom. The van der Waals surface area contributed by atoms with Crippen molar-refractivity contribution in [3.05, 3.63) is 34.7 Å². The van der Waals surface area contributed by atoms with E-state index in [4.69, 9.17) is 27.6 Å². The van der Waals surface area contributed by atoms with Gasteiger partial charge in [0.15, 0.2) is 5.65 Å². The van der Waals surface area contributed by atoms with Gasteiger partial charge in [-0.2, -0.15) is 10.2 Å². The van der Waals surface area contributed by atoms with E-state index in [1.807, 2.05) is 17.6 Å². The molecular formula is C26H30ClFN8O2. The molecule has 2 aliphatic carbocycles. The predicted molar refractivity (Wildman–Crippen MR) is 141 cm³/mol. The number of halogens is 2. The van der Waals surface area contributed by atoms with Crippen LogP contribution in [0.5, 0.6) is 0 Å². The summed E-state index contributed by atoms with van der Waals surface area (Å²) in [5, 5.41) is 25.6. The van der Waals surface area contributed by atoms with Crippen molar-refractivity contribution in [1.82, 2.24) is 19.5 Å². The van der Waals surface area contributed by atoms with Gasteiger partial charge in [-0.3, -0.25) is 9.36 Å². The largest absolute Gasteiger partial charge is 0.393 e. The molecule has 5 rings (SSSR count). The van der Waals surface area contributed by atoms with E-state index in [0.717, 1.165) is 25.3 Å². The van der Waals surface area contributed by atoms with Crippen LogP contribution in [0.25, 0.3) is 11.2 Å². The molecule has 2 atom stereocenters. The van der Waals surface area contributed by atoms with Gasteiger partial charge in [-0.15, -0.1) is 0 Å². The third-order valence-corrected chi connectivity index (χ3v) is 8.14. The highest BCUT2D eigenvalue weighted by atomic mass is 35.5. The van der Waals surface area contributed by atoms with Crippen LogP contribution in [0.4, 0.5) is 22.0 Å². The number of anilines is 3. The van der Waals surface area contributed by atoms with E-state index in [0.29, 0.717) is 55.2 Å². The van der Waals surface area contributed by atoms with Crippen molar-refractivity contribution in [1.29, 1.82) is 5.26 Å². The van der Waals surface area contributed by atoms with Crippen molar-refractivity contribution in [2.75, 3.05) is 10.6 Å². The van der Waals surface area contributed by atoms with Gasteiger partial charge in [0.05, 0.1) is 34.6 Å². The van der Waals surface area contributed by atoms with Gasteiger partial charge in [-0.05, 0) is 63.5 Å². The number of primary amides is 1. The van der Waals surface area contributed by atoms with Crippen molar-refractivity contribution < 1.29 is 14.3 Å². The van der Waals surface area contributed by atoms with Gasteiger partial charge in [0, 0.05) is 17.5 Å². The van der Waals surface area contributed by atoms with Crippen LogP contribution in [0.2, 0.25) is 5.02 Å². The summed E-state index contributed by atoms with van der Waals surface area (Å²) in [4.78, 5) is 25.9. The van der Waals surface area contributed by atoms with Gasteiger partial charge < -0.3 is 21.5 Å². The summed E-state index contributed by atoms with van der Waals surface area (Å²) in [7, 11) is 0. The second-order valence-corrected chi connectivity index (χ2v) is 11.0. The minimum Gasteiger partial charge on any atom is -0.393 e. The standard InChI is InChI=1S/C26H30ClFN8O2/c1-26(23(30)38)7-5-16(6-8-26)36-22-20(13-31-24(35-22)32-15-3-2-4-17(37)11-15)33-25(36)34-21-18(27)9-14(12-29)10-19(21)28/h9-10,13,15-17,37H,2-8,11H2,1H3,(H2,30,38)(H,33,34)(H,31,32,35)/t15-,16-,17-,26+/m1/s1. The number of aliphatic hydroxyl groups is 1. The van der Waals surface area contributed by atoms with Crippen molar-refractivity contribution in [2.45, 2.75) is 76.5 Å². The van der Waals surface area contributed by atoms with Crippen LogP contribution in [-0.2, 0) is 4.79 Å². The van der Waals surface area contributed by atoms with Gasteiger partial charge in [-0.25, -0.2) is 14.4 Å². The molecule has 0 spiro atoms. The first-order valence-corrected chi connectivity index (χ1v) is 13.2. The molecule has 1 amide bonds. The Kier molecular flexibility index (Phi) is 7.11. The molecule has 0 aliphatic heterocycles. The van der Waals surface area contributed by atoms with Gasteiger partial charge in [0.25, 0.3) is 0 Å². The number of nitrogens with two attached hydrogens (primary N) is 1. The molecule has 2 aromatic heterocycles. The monoisotopic (exact) mass is 540 g/mol. The number of aromatic nitrogens is 4. The fraction of sp³-hybridized carbons (Fsp3) is 0.500. The highest BCUT2D eigenvalue weighted by Crippen LogP contribution is 2.43. The third kappa shape index (κ3) is 5.11. The molecule has 0 unspecified atom stereocenters. The topological polar surface area (TPSA) is 155 Å². The van der Waals surface area contributed by atoms with Crippen LogP contribution in [0.15, 0.2) is 18.3 Å². The van der Waals surface area contributed by atoms with E-state index in [-0.39, 0.29) is 40.4 Å². The molecule has 2 fully saturated rings. The van der Waals surface area contributed by atoms with Gasteiger partial charge >= 0.3 is 0 Å². The second kappa shape index (κ2) is 10.3. The SMILES string of the molecule is C[C@]1(C(N)=O)CC[C@@H](n2c(Nc3c(F)cc(C#N)cc3Cl)nc3cnc(N[C@@H]4CCC[C@@H](O)C4)nc32)CC1. The van der Waals surface area contributed by atoms with E-state index < -0.39 is 11.2 Å². The lowest BCUT2D eigenvalue weighted by Crippen LogP contribution is -2.38. The molecule has 2 aliphatic rings. The summed E-state index contributed by atoms with van der Waals surface area (Å²) in [6.07, 6.45) is 6.98. The average Bonchev–Trinajstić information content (AvgIpc) is 3.23. The minimum atomic E-state index is -0.679. The Bertz CT molecular complexity index is 1390. The molecule has 0 saturated heterocycles. The molecule has 12 heteroatoms. The number of hydrogen-bond donors (Lipinski definition) is 4. The van der Waals surface area contributed by atoms with Crippen LogP contribution in [0, 0.1) is 22.6 Å². The Labute approximate surface area is 224 Å². The maximum atomic E-state index is 14.9. The minimum absolute atomic E-state index is 0.00232. The quantitative estimate of drug-likeness (QED) is 0.355. The van der Waals surface area contributed by atoms with Gasteiger partial charge in [0.1, 0.15) is 11.3 Å². The van der Waals surface area contributed by atoms with Crippen LogP contribution in [0.3, 0.4) is 0 Å². The number of nitrogens with one attached hydrogen (secondary N) is 2.